The van der Waals surface area contributed by atoms with Gasteiger partial charge in [0.25, 0.3) is 0 Å². The maximum Gasteiger partial charge on any atom is 0.0896 e. The highest BCUT2D eigenvalue weighted by molar-refractivity contribution is 7.11. The molecule has 1 aromatic rings. The Kier molecular flexibility index (Phi) is 5.26. The topological polar surface area (TPSA) is 24.9 Å². The molecule has 2 nitrogen and oxygen atoms in total. The van der Waals surface area contributed by atoms with Gasteiger partial charge in [0.05, 0.1) is 5.01 Å². The van der Waals surface area contributed by atoms with E-state index in [4.69, 9.17) is 0 Å². The number of rotatable bonds is 6. The monoisotopic (exact) mass is 226 g/mol. The molecule has 3 heteroatoms. The van der Waals surface area contributed by atoms with E-state index in [1.807, 2.05) is 17.5 Å². The first-order valence-electron chi connectivity index (χ1n) is 5.75. The zero-order valence-corrected chi connectivity index (χ0v) is 11.0. The van der Waals surface area contributed by atoms with Gasteiger partial charge in [-0.3, -0.25) is 0 Å². The predicted molar refractivity (Wildman–Crippen MR) is 67.4 cm³/mol. The van der Waals surface area contributed by atoms with E-state index in [-0.39, 0.29) is 0 Å². The molecule has 0 amide bonds. The molecule has 0 aliphatic rings. The Balaban J connectivity index is 2.50. The Morgan fingerprint density at radius 1 is 1.47 bits per heavy atom. The maximum atomic E-state index is 4.31. The van der Waals surface area contributed by atoms with Crippen LogP contribution in [0.5, 0.6) is 0 Å². The minimum absolute atomic E-state index is 0.727. The van der Waals surface area contributed by atoms with Gasteiger partial charge >= 0.3 is 0 Å². The molecule has 0 fully saturated rings. The van der Waals surface area contributed by atoms with Gasteiger partial charge in [-0.15, -0.1) is 11.3 Å². The van der Waals surface area contributed by atoms with Crippen molar-refractivity contribution in [2.45, 2.75) is 34.1 Å². The average Bonchev–Trinajstić information content (AvgIpc) is 2.58. The van der Waals surface area contributed by atoms with Crippen LogP contribution in [0.3, 0.4) is 0 Å². The fourth-order valence-corrected chi connectivity index (χ4v) is 2.52. The summed E-state index contributed by atoms with van der Waals surface area (Å²) in [5.41, 5.74) is 0. The second-order valence-corrected chi connectivity index (χ2v) is 5.68. The molecule has 0 aliphatic carbocycles. The predicted octanol–water partition coefficient (Wildman–Crippen LogP) is 2.88. The number of thiazole rings is 1. The van der Waals surface area contributed by atoms with Crippen LogP contribution in [0.4, 0.5) is 0 Å². The molecule has 0 bridgehead atoms. The Labute approximate surface area is 97.1 Å². The first kappa shape index (κ1) is 12.7. The van der Waals surface area contributed by atoms with Crippen molar-refractivity contribution >= 4 is 11.3 Å². The lowest BCUT2D eigenvalue weighted by molar-refractivity contribution is 0.365. The molecule has 1 rings (SSSR count). The highest BCUT2D eigenvalue weighted by Gasteiger charge is 2.14. The normalized spacial score (nSPS) is 13.4. The Morgan fingerprint density at radius 3 is 2.67 bits per heavy atom. The van der Waals surface area contributed by atoms with Crippen molar-refractivity contribution in [3.05, 3.63) is 16.1 Å². The van der Waals surface area contributed by atoms with Crippen molar-refractivity contribution in [3.63, 3.8) is 0 Å². The molecule has 1 heterocycles. The molecule has 0 aromatic carbocycles. The van der Waals surface area contributed by atoms with Gasteiger partial charge in [-0.2, -0.15) is 0 Å². The summed E-state index contributed by atoms with van der Waals surface area (Å²) >= 11 is 1.83. The van der Waals surface area contributed by atoms with Gasteiger partial charge in [-0.25, -0.2) is 4.98 Å². The summed E-state index contributed by atoms with van der Waals surface area (Å²) in [7, 11) is 0. The minimum atomic E-state index is 0.727. The van der Waals surface area contributed by atoms with Crippen LogP contribution in [0.25, 0.3) is 0 Å². The van der Waals surface area contributed by atoms with Gasteiger partial charge in [0.1, 0.15) is 0 Å². The van der Waals surface area contributed by atoms with Crippen LogP contribution in [0.15, 0.2) is 6.20 Å². The number of nitrogens with zero attached hydrogens (tertiary/aromatic N) is 1. The molecule has 86 valence electrons. The van der Waals surface area contributed by atoms with Crippen LogP contribution in [0, 0.1) is 18.8 Å². The summed E-state index contributed by atoms with van der Waals surface area (Å²) in [5, 5.41) is 4.62. The molecule has 1 unspecified atom stereocenters. The zero-order chi connectivity index (χ0) is 11.3. The average molecular weight is 226 g/mol. The minimum Gasteiger partial charge on any atom is -0.317 e. The standard InChI is InChI=1S/C12H22N2S/c1-5-13-7-11(9(2)3)6-12-8-14-10(4)15-12/h8-9,11,13H,5-7H2,1-4H3. The summed E-state index contributed by atoms with van der Waals surface area (Å²) in [4.78, 5) is 5.73. The van der Waals surface area contributed by atoms with E-state index in [1.54, 1.807) is 0 Å². The summed E-state index contributed by atoms with van der Waals surface area (Å²) < 4.78 is 0. The van der Waals surface area contributed by atoms with E-state index in [1.165, 1.54) is 9.88 Å². The summed E-state index contributed by atoms with van der Waals surface area (Å²) in [6.07, 6.45) is 3.19. The molecule has 1 atom stereocenters. The fourth-order valence-electron chi connectivity index (χ4n) is 1.63. The maximum absolute atomic E-state index is 4.31. The lowest BCUT2D eigenvalue weighted by Crippen LogP contribution is -2.27. The van der Waals surface area contributed by atoms with E-state index in [2.05, 4.69) is 38.0 Å². The zero-order valence-electron chi connectivity index (χ0n) is 10.2. The van der Waals surface area contributed by atoms with Crippen LogP contribution in [-0.2, 0) is 6.42 Å². The highest BCUT2D eigenvalue weighted by atomic mass is 32.1. The second-order valence-electron chi connectivity index (χ2n) is 4.36. The summed E-state index contributed by atoms with van der Waals surface area (Å²) in [5.74, 6) is 1.45. The van der Waals surface area contributed by atoms with Crippen molar-refractivity contribution < 1.29 is 0 Å². The Morgan fingerprint density at radius 2 is 2.20 bits per heavy atom. The second kappa shape index (κ2) is 6.23. The number of aromatic nitrogens is 1. The number of hydrogen-bond acceptors (Lipinski definition) is 3. The molecule has 0 spiro atoms. The molecule has 0 radical (unpaired) electrons. The molecular weight excluding hydrogens is 204 g/mol. The van der Waals surface area contributed by atoms with Crippen molar-refractivity contribution in [1.82, 2.24) is 10.3 Å². The van der Waals surface area contributed by atoms with Gasteiger partial charge in [-0.1, -0.05) is 20.8 Å². The summed E-state index contributed by atoms with van der Waals surface area (Å²) in [6, 6.07) is 0. The molecule has 0 aliphatic heterocycles. The smallest absolute Gasteiger partial charge is 0.0896 e. The Hall–Kier alpha value is -0.410. The fraction of sp³-hybridized carbons (Fsp3) is 0.750. The first-order valence-corrected chi connectivity index (χ1v) is 6.57. The molecule has 1 aromatic heterocycles. The number of hydrogen-bond donors (Lipinski definition) is 1. The van der Waals surface area contributed by atoms with Crippen molar-refractivity contribution in [3.8, 4) is 0 Å². The highest BCUT2D eigenvalue weighted by Crippen LogP contribution is 2.20. The van der Waals surface area contributed by atoms with Crippen LogP contribution < -0.4 is 5.32 Å². The lowest BCUT2D eigenvalue weighted by atomic mass is 9.92. The lowest BCUT2D eigenvalue weighted by Gasteiger charge is -2.20. The van der Waals surface area contributed by atoms with Gasteiger partial charge in [0.15, 0.2) is 0 Å². The third kappa shape index (κ3) is 4.31. The molecule has 15 heavy (non-hydrogen) atoms. The Bertz CT molecular complexity index is 281. The van der Waals surface area contributed by atoms with Crippen molar-refractivity contribution in [1.29, 1.82) is 0 Å². The summed E-state index contributed by atoms with van der Waals surface area (Å²) in [6.45, 7) is 11.0. The van der Waals surface area contributed by atoms with Crippen LogP contribution in [-0.4, -0.2) is 18.1 Å². The van der Waals surface area contributed by atoms with E-state index in [0.717, 1.165) is 31.3 Å². The van der Waals surface area contributed by atoms with Crippen LogP contribution in [0.2, 0.25) is 0 Å². The van der Waals surface area contributed by atoms with Gasteiger partial charge in [-0.05, 0) is 38.3 Å². The number of nitrogens with one attached hydrogen (secondary N) is 1. The van der Waals surface area contributed by atoms with E-state index < -0.39 is 0 Å². The third-order valence-corrected chi connectivity index (χ3v) is 3.67. The van der Waals surface area contributed by atoms with Crippen molar-refractivity contribution in [2.75, 3.05) is 13.1 Å². The van der Waals surface area contributed by atoms with E-state index in [9.17, 15) is 0 Å². The van der Waals surface area contributed by atoms with Crippen LogP contribution >= 0.6 is 11.3 Å². The van der Waals surface area contributed by atoms with Gasteiger partial charge < -0.3 is 5.32 Å². The van der Waals surface area contributed by atoms with E-state index in [0.29, 0.717) is 0 Å². The van der Waals surface area contributed by atoms with Crippen molar-refractivity contribution in [2.24, 2.45) is 11.8 Å². The van der Waals surface area contributed by atoms with E-state index >= 15 is 0 Å². The third-order valence-electron chi connectivity index (χ3n) is 2.73. The SMILES string of the molecule is CCNCC(Cc1cnc(C)s1)C(C)C. The van der Waals surface area contributed by atoms with Gasteiger partial charge in [0, 0.05) is 11.1 Å². The number of aryl methyl sites for hydroxylation is 1. The van der Waals surface area contributed by atoms with Gasteiger partial charge in [0.2, 0.25) is 0 Å². The molecule has 0 saturated heterocycles. The quantitative estimate of drug-likeness (QED) is 0.807. The molecule has 0 saturated carbocycles. The molecular formula is C12H22N2S. The molecule has 1 N–H and O–H groups in total. The largest absolute Gasteiger partial charge is 0.317 e. The van der Waals surface area contributed by atoms with Crippen LogP contribution in [0.1, 0.15) is 30.7 Å². The first-order chi connectivity index (χ1) is 7.13.